The van der Waals surface area contributed by atoms with Crippen LogP contribution >= 0.6 is 23.9 Å². The quantitative estimate of drug-likeness (QED) is 0.641. The van der Waals surface area contributed by atoms with Crippen molar-refractivity contribution in [2.45, 2.75) is 8.35 Å². The van der Waals surface area contributed by atoms with Crippen molar-refractivity contribution in [2.75, 3.05) is 0 Å². The van der Waals surface area contributed by atoms with E-state index in [1.807, 2.05) is 0 Å². The number of rotatable bonds is 0. The van der Waals surface area contributed by atoms with Gasteiger partial charge >= 0.3 is 62.5 Å². The Morgan fingerprint density at radius 2 is 2.57 bits per heavy atom. The van der Waals surface area contributed by atoms with Gasteiger partial charge in [0.15, 0.2) is 0 Å². The van der Waals surface area contributed by atoms with Gasteiger partial charge in [0.25, 0.3) is 0 Å². The normalized spacial score (nSPS) is 20.3. The summed E-state index contributed by atoms with van der Waals surface area (Å²) < 4.78 is 2.53. The monoisotopic (exact) mass is 282 g/mol. The molecule has 3 heteroatoms. The molecule has 1 heterocycles. The number of allylic oxidation sites excluding steroid dienone is 2. The van der Waals surface area contributed by atoms with E-state index in [0.29, 0.717) is 0 Å². The van der Waals surface area contributed by atoms with Crippen LogP contribution in [0.15, 0.2) is 11.1 Å². The summed E-state index contributed by atoms with van der Waals surface area (Å²) in [4.78, 5) is 0. The van der Waals surface area contributed by atoms with Gasteiger partial charge in [-0.05, 0) is 0 Å². The molecule has 0 fully saturated rings. The van der Waals surface area contributed by atoms with E-state index in [9.17, 15) is 0 Å². The van der Waals surface area contributed by atoms with Crippen molar-refractivity contribution in [3.05, 3.63) is 11.1 Å². The molecule has 0 amide bonds. The summed E-state index contributed by atoms with van der Waals surface area (Å²) in [6.45, 7) is 0. The van der Waals surface area contributed by atoms with Crippen LogP contribution in [0, 0.1) is 0 Å². The van der Waals surface area contributed by atoms with Gasteiger partial charge in [-0.1, -0.05) is 0 Å². The van der Waals surface area contributed by atoms with E-state index in [2.05, 4.69) is 18.4 Å². The van der Waals surface area contributed by atoms with Gasteiger partial charge in [0.1, 0.15) is 0 Å². The molecular formula is C4H5BrClIn. The Morgan fingerprint density at radius 3 is 2.71 bits per heavy atom. The van der Waals surface area contributed by atoms with Crippen molar-refractivity contribution in [3.8, 4) is 0 Å². The average Bonchev–Trinajstić information content (AvgIpc) is 1.87. The van der Waals surface area contributed by atoms with Gasteiger partial charge in [-0.2, -0.15) is 0 Å². The Morgan fingerprint density at radius 1 is 1.86 bits per heavy atom. The first-order valence-corrected chi connectivity index (χ1v) is 14.7. The van der Waals surface area contributed by atoms with Crippen molar-refractivity contribution >= 4 is 43.0 Å². The fourth-order valence-corrected chi connectivity index (χ4v) is 10.9. The standard InChI is InChI=1S/C4H5Cl.BrH.In/c1-3-4(2)5;;/h3H,1-2H2;1H;/q;;+1/p-1. The molecule has 0 aliphatic carbocycles. The molecule has 0 radical (unpaired) electrons. The Kier molecular flexibility index (Phi) is 2.59. The second-order valence-corrected chi connectivity index (χ2v) is 16.8. The zero-order valence-electron chi connectivity index (χ0n) is 3.82. The first-order valence-electron chi connectivity index (χ1n) is 2.27. The van der Waals surface area contributed by atoms with Gasteiger partial charge in [-0.15, -0.1) is 0 Å². The molecule has 0 saturated heterocycles. The predicted octanol–water partition coefficient (Wildman–Crippen LogP) is 2.51. The summed E-state index contributed by atoms with van der Waals surface area (Å²) in [6, 6.07) is 0. The van der Waals surface area contributed by atoms with Crippen LogP contribution in [0.3, 0.4) is 0 Å². The summed E-state index contributed by atoms with van der Waals surface area (Å²) in [5.74, 6) is 0. The van der Waals surface area contributed by atoms with Crippen LogP contribution in [-0.4, -0.2) is 19.1 Å². The Hall–Kier alpha value is 1.38. The van der Waals surface area contributed by atoms with E-state index >= 15 is 0 Å². The molecule has 0 saturated carbocycles. The Bertz CT molecular complexity index is 102. The zero-order chi connectivity index (χ0) is 5.28. The fraction of sp³-hybridized carbons (Fsp3) is 0.500. The van der Waals surface area contributed by atoms with E-state index in [1.165, 1.54) is 8.35 Å². The first kappa shape index (κ1) is 6.50. The van der Waals surface area contributed by atoms with E-state index in [4.69, 9.17) is 11.6 Å². The summed E-state index contributed by atoms with van der Waals surface area (Å²) in [5.41, 5.74) is 0. The van der Waals surface area contributed by atoms with Crippen LogP contribution in [0.4, 0.5) is 0 Å². The predicted molar refractivity (Wildman–Crippen MR) is 38.2 cm³/mol. The Labute approximate surface area is 62.0 Å². The molecule has 0 aromatic carbocycles. The first-order chi connectivity index (χ1) is 3.29. The van der Waals surface area contributed by atoms with Gasteiger partial charge in [0, 0.05) is 0 Å². The van der Waals surface area contributed by atoms with Crippen LogP contribution in [0.2, 0.25) is 8.35 Å². The molecule has 0 nitrogen and oxygen atoms in total. The van der Waals surface area contributed by atoms with Crippen molar-refractivity contribution in [3.63, 3.8) is 0 Å². The van der Waals surface area contributed by atoms with Crippen LogP contribution in [0.5, 0.6) is 0 Å². The summed E-state index contributed by atoms with van der Waals surface area (Å²) in [5, 5.41) is 1.10. The molecule has 1 rings (SSSR count). The summed E-state index contributed by atoms with van der Waals surface area (Å²) in [7, 11) is 0. The third-order valence-corrected chi connectivity index (χ3v) is 11.4. The molecule has 7 heavy (non-hydrogen) atoms. The van der Waals surface area contributed by atoms with Crippen molar-refractivity contribution < 1.29 is 0 Å². The minimum atomic E-state index is -1.10. The molecular weight excluding hydrogens is 278 g/mol. The zero-order valence-corrected chi connectivity index (χ0v) is 9.46. The molecule has 1 aliphatic heterocycles. The van der Waals surface area contributed by atoms with Crippen LogP contribution in [0.25, 0.3) is 0 Å². The molecule has 0 spiro atoms. The van der Waals surface area contributed by atoms with Gasteiger partial charge < -0.3 is 0 Å². The maximum absolute atomic E-state index is 5.69. The molecule has 0 bridgehead atoms. The van der Waals surface area contributed by atoms with E-state index < -0.39 is 19.1 Å². The van der Waals surface area contributed by atoms with Crippen LogP contribution < -0.4 is 0 Å². The molecule has 0 atom stereocenters. The van der Waals surface area contributed by atoms with Gasteiger partial charge in [0.05, 0.1) is 0 Å². The van der Waals surface area contributed by atoms with Crippen molar-refractivity contribution in [2.24, 2.45) is 0 Å². The van der Waals surface area contributed by atoms with Crippen molar-refractivity contribution in [1.29, 1.82) is 0 Å². The van der Waals surface area contributed by atoms with Crippen LogP contribution in [0.1, 0.15) is 0 Å². The molecule has 38 valence electrons. The molecule has 1 aliphatic rings. The SMILES string of the molecule is ClC1=C[CH2][In]([Br])[CH2]1. The Balaban J connectivity index is 2.42. The van der Waals surface area contributed by atoms with Crippen molar-refractivity contribution in [1.82, 2.24) is 0 Å². The second-order valence-electron chi connectivity index (χ2n) is 1.69. The second kappa shape index (κ2) is 2.79. The molecule has 0 aromatic heterocycles. The third kappa shape index (κ3) is 1.98. The molecule has 0 N–H and O–H groups in total. The minimum absolute atomic E-state index is 1.10. The average molecular weight is 283 g/mol. The van der Waals surface area contributed by atoms with Gasteiger partial charge in [0.2, 0.25) is 0 Å². The number of halogens is 2. The summed E-state index contributed by atoms with van der Waals surface area (Å²) >= 11 is 8.24. The third-order valence-electron chi connectivity index (χ3n) is 1.01. The molecule has 0 unspecified atom stereocenters. The topological polar surface area (TPSA) is 0 Å². The number of hydrogen-bond donors (Lipinski definition) is 0. The van der Waals surface area contributed by atoms with Gasteiger partial charge in [-0.25, -0.2) is 0 Å². The maximum atomic E-state index is 5.69. The van der Waals surface area contributed by atoms with E-state index in [-0.39, 0.29) is 0 Å². The van der Waals surface area contributed by atoms with Crippen LogP contribution in [-0.2, 0) is 0 Å². The summed E-state index contributed by atoms with van der Waals surface area (Å²) in [6.07, 6.45) is 2.15. The van der Waals surface area contributed by atoms with E-state index in [1.54, 1.807) is 0 Å². The van der Waals surface area contributed by atoms with Gasteiger partial charge in [-0.3, -0.25) is 0 Å². The number of hydrogen-bond acceptors (Lipinski definition) is 0. The molecule has 0 aromatic rings. The van der Waals surface area contributed by atoms with E-state index in [0.717, 1.165) is 5.03 Å². The fourth-order valence-electron chi connectivity index (χ4n) is 0.634.